The number of nitrogens with zero attached hydrogens (tertiary/aromatic N) is 4. The Labute approximate surface area is 230 Å². The zero-order valence-electron chi connectivity index (χ0n) is 21.0. The normalized spacial score (nSPS) is 17.8. The van der Waals surface area contributed by atoms with Gasteiger partial charge < -0.3 is 10.0 Å². The molecule has 7 heteroatoms. The van der Waals surface area contributed by atoms with Crippen molar-refractivity contribution in [2.45, 2.75) is 37.6 Å². The Kier molecular flexibility index (Phi) is 6.44. The van der Waals surface area contributed by atoms with E-state index in [0.29, 0.717) is 16.6 Å². The van der Waals surface area contributed by atoms with Crippen LogP contribution in [0, 0.1) is 22.7 Å². The molecule has 190 valence electrons. The van der Waals surface area contributed by atoms with E-state index < -0.39 is 5.97 Å². The molecule has 1 saturated carbocycles. The van der Waals surface area contributed by atoms with Crippen LogP contribution in [-0.4, -0.2) is 22.1 Å². The fraction of sp³-hybridized carbons (Fsp3) is 0.188. The first kappa shape index (κ1) is 24.6. The maximum Gasteiger partial charge on any atom is 0.307 e. The van der Waals surface area contributed by atoms with Crippen LogP contribution in [-0.2, 0) is 11.2 Å². The summed E-state index contributed by atoms with van der Waals surface area (Å²) in [5.74, 6) is -0.387. The highest BCUT2D eigenvalue weighted by molar-refractivity contribution is 7.08. The lowest BCUT2D eigenvalue weighted by Crippen LogP contribution is -2.26. The van der Waals surface area contributed by atoms with Crippen LogP contribution >= 0.6 is 11.3 Å². The van der Waals surface area contributed by atoms with Gasteiger partial charge in [0.15, 0.2) is 5.57 Å². The average Bonchev–Trinajstić information content (AvgIpc) is 3.65. The third-order valence-electron chi connectivity index (χ3n) is 7.53. The van der Waals surface area contributed by atoms with Gasteiger partial charge in [0, 0.05) is 28.9 Å². The molecule has 2 unspecified atom stereocenters. The van der Waals surface area contributed by atoms with Gasteiger partial charge in [-0.3, -0.25) is 4.79 Å². The Morgan fingerprint density at radius 1 is 1.05 bits per heavy atom. The van der Waals surface area contributed by atoms with Crippen molar-refractivity contribution in [3.05, 3.63) is 98.7 Å². The van der Waals surface area contributed by atoms with Gasteiger partial charge in [-0.05, 0) is 59.9 Å². The molecule has 2 atom stereocenters. The van der Waals surface area contributed by atoms with Crippen LogP contribution in [0.15, 0.2) is 72.8 Å². The van der Waals surface area contributed by atoms with Gasteiger partial charge in [0.05, 0.1) is 16.6 Å². The Morgan fingerprint density at radius 2 is 1.82 bits per heavy atom. The largest absolute Gasteiger partial charge is 0.481 e. The van der Waals surface area contributed by atoms with Crippen LogP contribution in [0.5, 0.6) is 0 Å². The van der Waals surface area contributed by atoms with E-state index in [9.17, 15) is 15.3 Å². The van der Waals surface area contributed by atoms with Crippen LogP contribution in [0.25, 0.3) is 22.9 Å². The second-order valence-corrected chi connectivity index (χ2v) is 10.9. The fourth-order valence-electron chi connectivity index (χ4n) is 5.86. The summed E-state index contributed by atoms with van der Waals surface area (Å²) in [4.78, 5) is 18.2. The van der Waals surface area contributed by atoms with Crippen LogP contribution in [0.1, 0.15) is 41.9 Å². The Bertz CT molecular complexity index is 1760. The van der Waals surface area contributed by atoms with E-state index in [-0.39, 0.29) is 12.0 Å². The molecule has 6 nitrogen and oxygen atoms in total. The quantitative estimate of drug-likeness (QED) is 0.380. The molecule has 0 spiro atoms. The molecule has 0 radical (unpaired) electrons. The van der Waals surface area contributed by atoms with Gasteiger partial charge >= 0.3 is 5.97 Å². The number of carboxylic acids is 1. The van der Waals surface area contributed by atoms with Crippen LogP contribution in [0.2, 0.25) is 0 Å². The molecule has 6 rings (SSSR count). The summed E-state index contributed by atoms with van der Waals surface area (Å²) in [6.07, 6.45) is 5.55. The molecular formula is C32H24N4O2S. The molecule has 1 aromatic heterocycles. The number of rotatable bonds is 5. The third kappa shape index (κ3) is 4.58. The summed E-state index contributed by atoms with van der Waals surface area (Å²) in [5, 5.41) is 28.0. The lowest BCUT2D eigenvalue weighted by Gasteiger charge is -2.27. The molecule has 1 fully saturated rings. The molecule has 1 aliphatic carbocycles. The van der Waals surface area contributed by atoms with Gasteiger partial charge in [-0.25, -0.2) is 4.98 Å². The molecule has 1 N–H and O–H groups in total. The van der Waals surface area contributed by atoms with Crippen LogP contribution < -0.4 is 14.1 Å². The summed E-state index contributed by atoms with van der Waals surface area (Å²) in [5.41, 5.74) is 7.19. The van der Waals surface area contributed by atoms with Crippen molar-refractivity contribution in [2.75, 3.05) is 4.90 Å². The van der Waals surface area contributed by atoms with Crippen LogP contribution in [0.3, 0.4) is 0 Å². The molecule has 0 amide bonds. The summed E-state index contributed by atoms with van der Waals surface area (Å²) < 4.78 is 1.34. The van der Waals surface area contributed by atoms with Crippen molar-refractivity contribution >= 4 is 40.3 Å². The highest BCUT2D eigenvalue weighted by Gasteiger charge is 2.42. The Balaban J connectivity index is 1.44. The molecule has 39 heavy (non-hydrogen) atoms. The molecule has 0 saturated heterocycles. The van der Waals surface area contributed by atoms with Crippen molar-refractivity contribution in [2.24, 2.45) is 0 Å². The highest BCUT2D eigenvalue weighted by atomic mass is 32.1. The number of hydrogen-bond donors (Lipinski definition) is 1. The lowest BCUT2D eigenvalue weighted by molar-refractivity contribution is -0.136. The minimum Gasteiger partial charge on any atom is -0.481 e. The van der Waals surface area contributed by atoms with Gasteiger partial charge in [-0.2, -0.15) is 10.5 Å². The molecule has 1 aliphatic heterocycles. The smallest absolute Gasteiger partial charge is 0.307 e. The number of carbonyl (C=O) groups is 1. The standard InChI is InChI=1S/C32H24N4O2S/c33-18-23(19-34)32-35-31(22-5-2-1-3-6-22)29(39-32)16-21-11-14-28-26(15-21)25-7-4-8-27(25)36(28)24-12-9-20(10-13-24)17-30(37)38/h1-3,5-6,9-16,25,27H,4,7-8,17H2,(H,37,38)/b29-16+. The number of hydrogen-bond acceptors (Lipinski definition) is 6. The summed E-state index contributed by atoms with van der Waals surface area (Å²) in [6.45, 7) is 0. The highest BCUT2D eigenvalue weighted by Crippen LogP contribution is 2.52. The van der Waals surface area contributed by atoms with E-state index in [0.717, 1.165) is 45.4 Å². The second-order valence-electron chi connectivity index (χ2n) is 9.87. The second kappa shape index (κ2) is 10.2. The average molecular weight is 529 g/mol. The minimum absolute atomic E-state index is 0.0181. The van der Waals surface area contributed by atoms with Gasteiger partial charge in [0.1, 0.15) is 16.8 Å². The number of thiazole rings is 1. The van der Waals surface area contributed by atoms with Crippen molar-refractivity contribution in [3.8, 4) is 23.4 Å². The van der Waals surface area contributed by atoms with E-state index >= 15 is 0 Å². The van der Waals surface area contributed by atoms with Crippen molar-refractivity contribution in [1.82, 2.24) is 4.98 Å². The lowest BCUT2D eigenvalue weighted by atomic mass is 9.96. The maximum atomic E-state index is 11.1. The van der Waals surface area contributed by atoms with E-state index in [4.69, 9.17) is 5.11 Å². The number of anilines is 2. The van der Waals surface area contributed by atoms with Crippen molar-refractivity contribution in [1.29, 1.82) is 10.5 Å². The van der Waals surface area contributed by atoms with Crippen molar-refractivity contribution < 1.29 is 9.90 Å². The molecule has 2 aliphatic rings. The number of fused-ring (bicyclic) bond motifs is 3. The zero-order chi connectivity index (χ0) is 26.9. The molecule has 3 aromatic carbocycles. The monoisotopic (exact) mass is 528 g/mol. The summed E-state index contributed by atoms with van der Waals surface area (Å²) in [6, 6.07) is 28.6. The fourth-order valence-corrected chi connectivity index (χ4v) is 6.85. The number of benzene rings is 3. The number of aliphatic carboxylic acids is 1. The SMILES string of the molecule is N#CC(C#N)=c1nc(-c2ccccc2)/c(=C\c2ccc3c(c2)C2CCCC2N3c2ccc(CC(=O)O)cc2)s1. The molecular weight excluding hydrogens is 504 g/mol. The third-order valence-corrected chi connectivity index (χ3v) is 8.55. The van der Waals surface area contributed by atoms with E-state index in [1.165, 1.54) is 29.0 Å². The molecule has 4 aromatic rings. The van der Waals surface area contributed by atoms with E-state index in [2.05, 4.69) is 34.2 Å². The predicted molar refractivity (Wildman–Crippen MR) is 152 cm³/mol. The Hall–Kier alpha value is -4.72. The molecule has 0 bridgehead atoms. The van der Waals surface area contributed by atoms with E-state index in [1.807, 2.05) is 66.7 Å². The minimum atomic E-state index is -0.827. The van der Waals surface area contributed by atoms with Gasteiger partial charge in [0.2, 0.25) is 0 Å². The Morgan fingerprint density at radius 3 is 2.54 bits per heavy atom. The van der Waals surface area contributed by atoms with Gasteiger partial charge in [-0.15, -0.1) is 11.3 Å². The topological polar surface area (TPSA) is 101 Å². The van der Waals surface area contributed by atoms with E-state index in [1.54, 1.807) is 0 Å². The van der Waals surface area contributed by atoms with Crippen molar-refractivity contribution in [3.63, 3.8) is 0 Å². The number of aromatic nitrogens is 1. The first-order valence-electron chi connectivity index (χ1n) is 12.9. The molecule has 2 heterocycles. The summed E-state index contributed by atoms with van der Waals surface area (Å²) in [7, 11) is 0. The van der Waals surface area contributed by atoms with Crippen LogP contribution in [0.4, 0.5) is 11.4 Å². The predicted octanol–water partition coefficient (Wildman–Crippen LogP) is 5.25. The number of nitriles is 2. The first-order valence-corrected chi connectivity index (χ1v) is 13.7. The zero-order valence-corrected chi connectivity index (χ0v) is 21.9. The van der Waals surface area contributed by atoms with Gasteiger partial charge in [0.25, 0.3) is 0 Å². The first-order chi connectivity index (χ1) is 19.1. The maximum absolute atomic E-state index is 11.1. The van der Waals surface area contributed by atoms with Gasteiger partial charge in [-0.1, -0.05) is 55.0 Å². The number of carboxylic acid groups (broad SMARTS) is 1. The summed E-state index contributed by atoms with van der Waals surface area (Å²) >= 11 is 1.36.